The first-order valence-corrected chi connectivity index (χ1v) is 8.48. The van der Waals surface area contributed by atoms with Crippen LogP contribution in [0.1, 0.15) is 0 Å². The summed E-state index contributed by atoms with van der Waals surface area (Å²) in [4.78, 5) is 27.0. The number of fused-ring (bicyclic) bond motifs is 1. The van der Waals surface area contributed by atoms with Gasteiger partial charge in [0.2, 0.25) is 0 Å². The van der Waals surface area contributed by atoms with Crippen molar-refractivity contribution in [3.05, 3.63) is 80.5 Å². The van der Waals surface area contributed by atoms with Gasteiger partial charge in [-0.3, -0.25) is 10.1 Å². The number of aromatic nitrogens is 1. The zero-order valence-electron chi connectivity index (χ0n) is 13.2. The summed E-state index contributed by atoms with van der Waals surface area (Å²) in [5.41, 5.74) is 1.45. The predicted molar refractivity (Wildman–Crippen MR) is 100.0 cm³/mol. The largest absolute Gasteiger partial charge is 0.422 e. The second kappa shape index (κ2) is 6.41. The van der Waals surface area contributed by atoms with E-state index in [1.54, 1.807) is 35.7 Å². The van der Waals surface area contributed by atoms with Crippen LogP contribution < -0.4 is 10.9 Å². The molecular weight excluding hydrogens is 354 g/mol. The van der Waals surface area contributed by atoms with Gasteiger partial charge >= 0.3 is 5.63 Å². The monoisotopic (exact) mass is 365 g/mol. The molecule has 26 heavy (non-hydrogen) atoms. The fourth-order valence-electron chi connectivity index (χ4n) is 2.52. The van der Waals surface area contributed by atoms with E-state index in [4.69, 9.17) is 4.42 Å². The van der Waals surface area contributed by atoms with Gasteiger partial charge in [0.05, 0.1) is 16.2 Å². The van der Waals surface area contributed by atoms with Crippen LogP contribution >= 0.6 is 11.3 Å². The van der Waals surface area contributed by atoms with Crippen LogP contribution in [0.15, 0.2) is 69.2 Å². The summed E-state index contributed by atoms with van der Waals surface area (Å²) in [6.45, 7) is 0. The van der Waals surface area contributed by atoms with E-state index in [0.717, 1.165) is 5.39 Å². The lowest BCUT2D eigenvalue weighted by molar-refractivity contribution is -0.384. The lowest BCUT2D eigenvalue weighted by Crippen LogP contribution is -2.02. The number of nitro groups is 1. The Labute approximate surface area is 150 Å². The number of hydrogen-bond donors (Lipinski definition) is 1. The third-order valence-corrected chi connectivity index (χ3v) is 4.49. The van der Waals surface area contributed by atoms with E-state index in [1.165, 1.54) is 23.5 Å². The maximum Gasteiger partial charge on any atom is 0.345 e. The van der Waals surface area contributed by atoms with Gasteiger partial charge in [-0.15, -0.1) is 11.3 Å². The molecule has 4 aromatic rings. The van der Waals surface area contributed by atoms with Gasteiger partial charge in [-0.1, -0.05) is 24.3 Å². The van der Waals surface area contributed by atoms with E-state index in [-0.39, 0.29) is 5.69 Å². The summed E-state index contributed by atoms with van der Waals surface area (Å²) in [5.74, 6) is 0. The van der Waals surface area contributed by atoms with Crippen LogP contribution in [0.25, 0.3) is 22.2 Å². The van der Waals surface area contributed by atoms with Crippen molar-refractivity contribution in [3.8, 4) is 11.3 Å². The highest BCUT2D eigenvalue weighted by Gasteiger charge is 2.12. The van der Waals surface area contributed by atoms with Crippen LogP contribution in [-0.2, 0) is 0 Å². The molecule has 128 valence electrons. The Hall–Kier alpha value is -3.52. The molecule has 2 heterocycles. The molecule has 0 spiro atoms. The summed E-state index contributed by atoms with van der Waals surface area (Å²) in [6.07, 6.45) is 0. The Kier molecular flexibility index (Phi) is 3.94. The highest BCUT2D eigenvalue weighted by Crippen LogP contribution is 2.28. The maximum atomic E-state index is 12.2. The molecule has 7 nitrogen and oxygen atoms in total. The molecule has 0 atom stereocenters. The number of benzene rings is 2. The number of rotatable bonds is 4. The van der Waals surface area contributed by atoms with E-state index in [1.807, 2.05) is 12.1 Å². The number of thiazole rings is 1. The molecule has 0 saturated carbocycles. The first kappa shape index (κ1) is 16.0. The quantitative estimate of drug-likeness (QED) is 0.323. The maximum absolute atomic E-state index is 12.2. The molecule has 0 radical (unpaired) electrons. The lowest BCUT2D eigenvalue weighted by atomic mass is 10.1. The number of hydrogen-bond acceptors (Lipinski definition) is 7. The SMILES string of the molecule is O=c1oc2ccccc2cc1-c1csc(Nc2cccc([N+](=O)[O-])c2)n1. The fourth-order valence-corrected chi connectivity index (χ4v) is 3.25. The molecule has 2 aromatic heterocycles. The van der Waals surface area contributed by atoms with Gasteiger partial charge in [-0.2, -0.15) is 0 Å². The van der Waals surface area contributed by atoms with Crippen molar-refractivity contribution >= 4 is 38.8 Å². The Balaban J connectivity index is 1.66. The van der Waals surface area contributed by atoms with Crippen molar-refractivity contribution < 1.29 is 9.34 Å². The number of nitro benzene ring substituents is 1. The van der Waals surface area contributed by atoms with Gasteiger partial charge in [0, 0.05) is 28.6 Å². The van der Waals surface area contributed by atoms with Gasteiger partial charge in [0.15, 0.2) is 5.13 Å². The number of nitrogens with one attached hydrogen (secondary N) is 1. The zero-order valence-corrected chi connectivity index (χ0v) is 14.0. The normalized spacial score (nSPS) is 10.8. The minimum atomic E-state index is -0.462. The molecule has 1 N–H and O–H groups in total. The zero-order chi connectivity index (χ0) is 18.1. The minimum absolute atomic E-state index is 0.0121. The van der Waals surface area contributed by atoms with Crippen LogP contribution in [0, 0.1) is 10.1 Å². The van der Waals surface area contributed by atoms with Crippen molar-refractivity contribution in [1.82, 2.24) is 4.98 Å². The van der Waals surface area contributed by atoms with E-state index in [9.17, 15) is 14.9 Å². The van der Waals surface area contributed by atoms with Crippen molar-refractivity contribution in [2.24, 2.45) is 0 Å². The molecular formula is C18H11N3O4S. The predicted octanol–water partition coefficient (Wildman–Crippen LogP) is 4.57. The van der Waals surface area contributed by atoms with Crippen LogP contribution in [0.4, 0.5) is 16.5 Å². The molecule has 0 saturated heterocycles. The average molecular weight is 365 g/mol. The third kappa shape index (κ3) is 3.05. The van der Waals surface area contributed by atoms with Crippen LogP contribution in [0.2, 0.25) is 0 Å². The Morgan fingerprint density at radius 3 is 2.81 bits per heavy atom. The highest BCUT2D eigenvalue weighted by atomic mass is 32.1. The third-order valence-electron chi connectivity index (χ3n) is 3.73. The smallest absolute Gasteiger partial charge is 0.345 e. The Bertz CT molecular complexity index is 1180. The number of anilines is 2. The first-order chi connectivity index (χ1) is 12.6. The molecule has 0 amide bonds. The summed E-state index contributed by atoms with van der Waals surface area (Å²) < 4.78 is 5.33. The second-order valence-corrected chi connectivity index (χ2v) is 6.31. The molecule has 2 aromatic carbocycles. The summed E-state index contributed by atoms with van der Waals surface area (Å²) in [6, 6.07) is 15.1. The Morgan fingerprint density at radius 1 is 1.12 bits per heavy atom. The lowest BCUT2D eigenvalue weighted by Gasteiger charge is -2.02. The number of non-ortho nitro benzene ring substituents is 1. The van der Waals surface area contributed by atoms with Crippen LogP contribution in [-0.4, -0.2) is 9.91 Å². The highest BCUT2D eigenvalue weighted by molar-refractivity contribution is 7.14. The van der Waals surface area contributed by atoms with E-state index < -0.39 is 10.5 Å². The molecule has 8 heteroatoms. The van der Waals surface area contributed by atoms with Gasteiger partial charge in [0.25, 0.3) is 5.69 Å². The molecule has 0 aliphatic heterocycles. The van der Waals surface area contributed by atoms with Gasteiger partial charge in [0.1, 0.15) is 5.58 Å². The molecule has 4 rings (SSSR count). The molecule has 0 aliphatic carbocycles. The van der Waals surface area contributed by atoms with E-state index >= 15 is 0 Å². The topological polar surface area (TPSA) is 98.3 Å². The van der Waals surface area contributed by atoms with Crippen LogP contribution in [0.5, 0.6) is 0 Å². The van der Waals surface area contributed by atoms with Crippen molar-refractivity contribution in [3.63, 3.8) is 0 Å². The van der Waals surface area contributed by atoms with Gasteiger partial charge < -0.3 is 9.73 Å². The first-order valence-electron chi connectivity index (χ1n) is 7.60. The fraction of sp³-hybridized carbons (Fsp3) is 0. The van der Waals surface area contributed by atoms with E-state index in [2.05, 4.69) is 10.3 Å². The van der Waals surface area contributed by atoms with Crippen molar-refractivity contribution in [2.75, 3.05) is 5.32 Å². The summed E-state index contributed by atoms with van der Waals surface area (Å²) >= 11 is 1.29. The second-order valence-electron chi connectivity index (χ2n) is 5.46. The molecule has 0 fully saturated rings. The number of nitrogens with zero attached hydrogens (tertiary/aromatic N) is 2. The standard InChI is InChI=1S/C18H11N3O4S/c22-17-14(8-11-4-1-2-7-16(11)25-17)15-10-26-18(20-15)19-12-5-3-6-13(9-12)21(23)24/h1-10H,(H,19,20). The summed E-state index contributed by atoms with van der Waals surface area (Å²) in [5, 5.41) is 16.9. The van der Waals surface area contributed by atoms with E-state index in [0.29, 0.717) is 27.7 Å². The van der Waals surface area contributed by atoms with Crippen molar-refractivity contribution in [2.45, 2.75) is 0 Å². The molecule has 0 unspecified atom stereocenters. The number of para-hydroxylation sites is 1. The molecule has 0 bridgehead atoms. The van der Waals surface area contributed by atoms with Gasteiger partial charge in [-0.05, 0) is 18.2 Å². The minimum Gasteiger partial charge on any atom is -0.422 e. The van der Waals surface area contributed by atoms with Crippen LogP contribution in [0.3, 0.4) is 0 Å². The van der Waals surface area contributed by atoms with Crippen molar-refractivity contribution in [1.29, 1.82) is 0 Å². The molecule has 0 aliphatic rings. The average Bonchev–Trinajstić information content (AvgIpc) is 3.09. The van der Waals surface area contributed by atoms with Gasteiger partial charge in [-0.25, -0.2) is 9.78 Å². The summed E-state index contributed by atoms with van der Waals surface area (Å²) in [7, 11) is 0. The Morgan fingerprint density at radius 2 is 1.96 bits per heavy atom.